The number of rotatable bonds is 5. The zero-order valence-corrected chi connectivity index (χ0v) is 9.76. The predicted octanol–water partition coefficient (Wildman–Crippen LogP) is 1.25. The highest BCUT2D eigenvalue weighted by Crippen LogP contribution is 2.18. The first-order valence-electron chi connectivity index (χ1n) is 4.81. The van der Waals surface area contributed by atoms with Crippen molar-refractivity contribution >= 4 is 5.78 Å². The van der Waals surface area contributed by atoms with E-state index in [1.54, 1.807) is 27.9 Å². The Kier molecular flexibility index (Phi) is 5.65. The van der Waals surface area contributed by atoms with Crippen LogP contribution in [-0.4, -0.2) is 26.0 Å². The van der Waals surface area contributed by atoms with Gasteiger partial charge >= 0.3 is 0 Å². The molecule has 4 nitrogen and oxygen atoms in total. The summed E-state index contributed by atoms with van der Waals surface area (Å²) in [6.07, 6.45) is 1.45. The van der Waals surface area contributed by atoms with E-state index in [0.29, 0.717) is 13.2 Å². The van der Waals surface area contributed by atoms with Gasteiger partial charge in [0.1, 0.15) is 11.6 Å². The lowest BCUT2D eigenvalue weighted by atomic mass is 9.87. The lowest BCUT2D eigenvalue weighted by Gasteiger charge is -2.15. The van der Waals surface area contributed by atoms with Crippen LogP contribution in [0.5, 0.6) is 0 Å². The van der Waals surface area contributed by atoms with E-state index in [4.69, 9.17) is 10.00 Å². The molecule has 0 saturated carbocycles. The summed E-state index contributed by atoms with van der Waals surface area (Å²) in [7, 11) is 1.59. The molecule has 0 fully saturated rings. The Bertz CT molecular complexity index is 282. The largest absolute Gasteiger partial charge is 0.387 e. The van der Waals surface area contributed by atoms with Crippen LogP contribution in [-0.2, 0) is 9.53 Å². The summed E-state index contributed by atoms with van der Waals surface area (Å²) in [5, 5.41) is 11.7. The lowest BCUT2D eigenvalue weighted by molar-refractivity contribution is -0.122. The van der Waals surface area contributed by atoms with Crippen molar-refractivity contribution in [3.8, 4) is 6.07 Å². The topological polar surface area (TPSA) is 62.1 Å². The Hall–Kier alpha value is -1.34. The number of carbonyl (C=O) groups excluding carboxylic acids is 1. The second kappa shape index (κ2) is 6.20. The fourth-order valence-electron chi connectivity index (χ4n) is 0.888. The molecule has 0 aromatic carbocycles. The average Bonchev–Trinajstić information content (AvgIpc) is 2.16. The third-order valence-corrected chi connectivity index (χ3v) is 1.74. The van der Waals surface area contributed by atoms with Crippen LogP contribution in [0.4, 0.5) is 0 Å². The van der Waals surface area contributed by atoms with Crippen molar-refractivity contribution < 1.29 is 9.53 Å². The Labute approximate surface area is 90.9 Å². The molecule has 15 heavy (non-hydrogen) atoms. The van der Waals surface area contributed by atoms with Gasteiger partial charge in [0, 0.05) is 25.3 Å². The molecule has 1 N–H and O–H groups in total. The van der Waals surface area contributed by atoms with Gasteiger partial charge in [0.2, 0.25) is 0 Å². The normalized spacial score (nSPS) is 12.1. The molecule has 84 valence electrons. The number of nitriles is 1. The molecule has 0 atom stereocenters. The number of ether oxygens (including phenoxy) is 1. The molecule has 0 aromatic rings. The van der Waals surface area contributed by atoms with Crippen LogP contribution in [0.25, 0.3) is 0 Å². The molecule has 0 bridgehead atoms. The van der Waals surface area contributed by atoms with Crippen LogP contribution in [0.15, 0.2) is 11.8 Å². The minimum atomic E-state index is -0.523. The fourth-order valence-corrected chi connectivity index (χ4v) is 0.888. The molecule has 0 unspecified atom stereocenters. The molecular formula is C11H18N2O2. The maximum Gasteiger partial charge on any atom is 0.180 e. The molecule has 0 amide bonds. The second-order valence-electron chi connectivity index (χ2n) is 4.20. The highest BCUT2D eigenvalue weighted by atomic mass is 16.5. The zero-order chi connectivity index (χ0) is 11.9. The molecule has 0 saturated heterocycles. The molecule has 0 spiro atoms. The van der Waals surface area contributed by atoms with Crippen molar-refractivity contribution in [3.05, 3.63) is 11.8 Å². The fraction of sp³-hybridized carbons (Fsp3) is 0.636. The Balaban J connectivity index is 4.38. The van der Waals surface area contributed by atoms with E-state index in [9.17, 15) is 4.79 Å². The first kappa shape index (κ1) is 13.7. The van der Waals surface area contributed by atoms with Gasteiger partial charge in [-0.15, -0.1) is 0 Å². The molecular weight excluding hydrogens is 192 g/mol. The van der Waals surface area contributed by atoms with Crippen molar-refractivity contribution in [1.29, 1.82) is 5.26 Å². The number of Topliss-reactive ketones (excluding diaryl/α,β-unsaturated/α-hetero) is 1. The van der Waals surface area contributed by atoms with Gasteiger partial charge in [0.25, 0.3) is 0 Å². The number of allylic oxidation sites excluding steroid dienone is 1. The highest BCUT2D eigenvalue weighted by molar-refractivity contribution is 6.02. The summed E-state index contributed by atoms with van der Waals surface area (Å²) in [5.41, 5.74) is -0.372. The summed E-state index contributed by atoms with van der Waals surface area (Å²) >= 11 is 0. The predicted molar refractivity (Wildman–Crippen MR) is 58.0 cm³/mol. The molecule has 0 aromatic heterocycles. The van der Waals surface area contributed by atoms with Crippen LogP contribution < -0.4 is 5.32 Å². The summed E-state index contributed by atoms with van der Waals surface area (Å²) < 4.78 is 4.83. The molecule has 0 rings (SSSR count). The van der Waals surface area contributed by atoms with Crippen LogP contribution in [0.2, 0.25) is 0 Å². The van der Waals surface area contributed by atoms with Crippen LogP contribution in [0, 0.1) is 16.7 Å². The first-order chi connectivity index (χ1) is 6.93. The van der Waals surface area contributed by atoms with Crippen molar-refractivity contribution in [2.24, 2.45) is 5.41 Å². The standard InChI is InChI=1S/C11H18N2O2/c1-11(2,3)10(14)9(7-12)8-13-5-6-15-4/h8,13H,5-6H2,1-4H3. The zero-order valence-electron chi connectivity index (χ0n) is 9.76. The van der Waals surface area contributed by atoms with E-state index in [2.05, 4.69) is 5.32 Å². The van der Waals surface area contributed by atoms with E-state index in [-0.39, 0.29) is 11.4 Å². The van der Waals surface area contributed by atoms with Gasteiger partial charge < -0.3 is 10.1 Å². The van der Waals surface area contributed by atoms with Gasteiger partial charge in [-0.1, -0.05) is 20.8 Å². The van der Waals surface area contributed by atoms with Crippen molar-refractivity contribution in [1.82, 2.24) is 5.32 Å². The Morgan fingerprint density at radius 3 is 2.53 bits per heavy atom. The average molecular weight is 210 g/mol. The van der Waals surface area contributed by atoms with Gasteiger partial charge in [-0.05, 0) is 0 Å². The maximum absolute atomic E-state index is 11.7. The monoisotopic (exact) mass is 210 g/mol. The molecule has 0 aliphatic carbocycles. The van der Waals surface area contributed by atoms with Crippen LogP contribution in [0.3, 0.4) is 0 Å². The summed E-state index contributed by atoms with van der Waals surface area (Å²) in [6, 6.07) is 1.89. The minimum absolute atomic E-state index is 0.151. The molecule has 4 heteroatoms. The van der Waals surface area contributed by atoms with Gasteiger partial charge in [0.15, 0.2) is 5.78 Å². The molecule has 0 aliphatic rings. The van der Waals surface area contributed by atoms with Crippen molar-refractivity contribution in [2.45, 2.75) is 20.8 Å². The number of ketones is 1. The number of methoxy groups -OCH3 is 1. The van der Waals surface area contributed by atoms with Crippen molar-refractivity contribution in [2.75, 3.05) is 20.3 Å². The number of carbonyl (C=O) groups is 1. The van der Waals surface area contributed by atoms with E-state index in [1.807, 2.05) is 6.07 Å². The van der Waals surface area contributed by atoms with E-state index in [0.717, 1.165) is 0 Å². The Morgan fingerprint density at radius 2 is 2.13 bits per heavy atom. The first-order valence-corrected chi connectivity index (χ1v) is 4.81. The van der Waals surface area contributed by atoms with E-state index >= 15 is 0 Å². The number of nitrogens with zero attached hydrogens (tertiary/aromatic N) is 1. The lowest BCUT2D eigenvalue weighted by Crippen LogP contribution is -2.23. The second-order valence-corrected chi connectivity index (χ2v) is 4.20. The Morgan fingerprint density at radius 1 is 1.53 bits per heavy atom. The van der Waals surface area contributed by atoms with Gasteiger partial charge in [0.05, 0.1) is 6.61 Å². The summed E-state index contributed by atoms with van der Waals surface area (Å²) in [4.78, 5) is 11.7. The SMILES string of the molecule is COCCNC=C(C#N)C(=O)C(C)(C)C. The van der Waals surface area contributed by atoms with E-state index < -0.39 is 5.41 Å². The van der Waals surface area contributed by atoms with Crippen LogP contribution >= 0.6 is 0 Å². The van der Waals surface area contributed by atoms with Gasteiger partial charge in [-0.25, -0.2) is 0 Å². The minimum Gasteiger partial charge on any atom is -0.387 e. The van der Waals surface area contributed by atoms with Gasteiger partial charge in [-0.2, -0.15) is 5.26 Å². The smallest absolute Gasteiger partial charge is 0.180 e. The third kappa shape index (κ3) is 5.18. The molecule has 0 aliphatic heterocycles. The quantitative estimate of drug-likeness (QED) is 0.421. The molecule has 0 heterocycles. The van der Waals surface area contributed by atoms with Crippen LogP contribution in [0.1, 0.15) is 20.8 Å². The van der Waals surface area contributed by atoms with E-state index in [1.165, 1.54) is 6.20 Å². The molecule has 0 radical (unpaired) electrons. The summed E-state index contributed by atoms with van der Waals surface area (Å²) in [5.74, 6) is -0.157. The highest BCUT2D eigenvalue weighted by Gasteiger charge is 2.24. The van der Waals surface area contributed by atoms with Crippen molar-refractivity contribution in [3.63, 3.8) is 0 Å². The number of hydrogen-bond donors (Lipinski definition) is 1. The van der Waals surface area contributed by atoms with Gasteiger partial charge in [-0.3, -0.25) is 4.79 Å². The number of nitrogens with one attached hydrogen (secondary N) is 1. The third-order valence-electron chi connectivity index (χ3n) is 1.74. The summed E-state index contributed by atoms with van der Waals surface area (Å²) in [6.45, 7) is 6.49. The maximum atomic E-state index is 11.7. The number of hydrogen-bond acceptors (Lipinski definition) is 4.